The Balaban J connectivity index is 0.000000963. The van der Waals surface area contributed by atoms with Crippen molar-refractivity contribution in [2.75, 3.05) is 0 Å². The number of aromatic nitrogens is 1. The summed E-state index contributed by atoms with van der Waals surface area (Å²) < 4.78 is 0. The van der Waals surface area contributed by atoms with Crippen LogP contribution >= 0.6 is 0 Å². The van der Waals surface area contributed by atoms with E-state index in [9.17, 15) is 4.79 Å². The zero-order valence-electron chi connectivity index (χ0n) is 10.7. The van der Waals surface area contributed by atoms with Crippen molar-refractivity contribution < 1.29 is 2.85 Å². The summed E-state index contributed by atoms with van der Waals surface area (Å²) in [7, 11) is 0. The quantitative estimate of drug-likeness (QED) is 0.445. The maximum absolute atomic E-state index is 12.1. The van der Waals surface area contributed by atoms with Gasteiger partial charge in [0.05, 0.1) is 0 Å². The first-order valence-electron chi connectivity index (χ1n) is 4.86. The molecule has 0 aliphatic carbocycles. The number of rotatable bonds is 0. The van der Waals surface area contributed by atoms with Gasteiger partial charge in [0.2, 0.25) is 0 Å². The Morgan fingerprint density at radius 2 is 1.25 bits per heavy atom. The molecule has 2 aromatic carbocycles. The molecule has 0 bridgehead atoms. The Kier molecular flexibility index (Phi) is 2.59. The maximum atomic E-state index is 12.1. The summed E-state index contributed by atoms with van der Waals surface area (Å²) in [6, 6.07) is 15.1. The van der Waals surface area contributed by atoms with Crippen LogP contribution in [0.15, 0.2) is 53.3 Å². The molecule has 3 aromatic rings. The van der Waals surface area contributed by atoms with Crippen molar-refractivity contribution in [3.8, 4) is 0 Å². The zero-order chi connectivity index (χ0) is 10.3. The van der Waals surface area contributed by atoms with Gasteiger partial charge in [-0.1, -0.05) is 24.3 Å². The third kappa shape index (κ3) is 1.44. The Bertz CT molecular complexity index is 655. The number of para-hydroxylation sites is 2. The largest absolute Gasteiger partial charge is 2.00 e. The molecule has 76 valence electrons. The van der Waals surface area contributed by atoms with Gasteiger partial charge >= 0.3 is 10.1 Å². The first kappa shape index (κ1) is 10.6. The fraction of sp³-hybridized carbons (Fsp3) is 0. The SMILES string of the molecule is O=c1c2ccccc2[nH]c2ccccc12.[Be+2].[H-].[H-]. The number of hydrogen-bond donors (Lipinski definition) is 1. The molecule has 0 saturated heterocycles. The van der Waals surface area contributed by atoms with E-state index in [1.54, 1.807) is 0 Å². The average molecular weight is 206 g/mol. The van der Waals surface area contributed by atoms with Crippen molar-refractivity contribution in [1.82, 2.24) is 4.98 Å². The normalized spacial score (nSPS) is 10.2. The van der Waals surface area contributed by atoms with Gasteiger partial charge in [-0.2, -0.15) is 0 Å². The topological polar surface area (TPSA) is 32.9 Å². The van der Waals surface area contributed by atoms with Crippen LogP contribution in [-0.4, -0.2) is 15.1 Å². The average Bonchev–Trinajstić information content (AvgIpc) is 2.30. The van der Waals surface area contributed by atoms with Crippen LogP contribution in [-0.2, 0) is 0 Å². The Labute approximate surface area is 99.1 Å². The first-order valence-corrected chi connectivity index (χ1v) is 4.86. The number of pyridine rings is 1. The van der Waals surface area contributed by atoms with Crippen molar-refractivity contribution in [1.29, 1.82) is 0 Å². The molecule has 2 nitrogen and oxygen atoms in total. The van der Waals surface area contributed by atoms with Crippen LogP contribution in [0.25, 0.3) is 21.8 Å². The number of H-pyrrole nitrogens is 1. The van der Waals surface area contributed by atoms with Crippen molar-refractivity contribution in [2.24, 2.45) is 0 Å². The van der Waals surface area contributed by atoms with Gasteiger partial charge in [-0.05, 0) is 24.3 Å². The smallest absolute Gasteiger partial charge is 1.00 e. The van der Waals surface area contributed by atoms with E-state index in [1.165, 1.54) is 0 Å². The summed E-state index contributed by atoms with van der Waals surface area (Å²) in [5.74, 6) is 0. The van der Waals surface area contributed by atoms with Crippen LogP contribution in [0, 0.1) is 0 Å². The maximum Gasteiger partial charge on any atom is 2.00 e. The van der Waals surface area contributed by atoms with Crippen LogP contribution in [0.4, 0.5) is 0 Å². The minimum Gasteiger partial charge on any atom is -1.00 e. The third-order valence-electron chi connectivity index (χ3n) is 2.61. The van der Waals surface area contributed by atoms with Gasteiger partial charge in [-0.3, -0.25) is 4.79 Å². The van der Waals surface area contributed by atoms with E-state index in [2.05, 4.69) is 4.98 Å². The fourth-order valence-corrected chi connectivity index (χ4v) is 1.87. The van der Waals surface area contributed by atoms with E-state index in [0.717, 1.165) is 21.8 Å². The summed E-state index contributed by atoms with van der Waals surface area (Å²) in [4.78, 5) is 15.3. The summed E-state index contributed by atoms with van der Waals surface area (Å²) in [5, 5.41) is 1.49. The molecule has 0 atom stereocenters. The molecule has 0 unspecified atom stereocenters. The summed E-state index contributed by atoms with van der Waals surface area (Å²) in [6.45, 7) is 0. The Hall–Kier alpha value is -1.92. The monoisotopic (exact) mass is 206 g/mol. The number of fused-ring (bicyclic) bond motifs is 2. The second-order valence-corrected chi connectivity index (χ2v) is 3.55. The summed E-state index contributed by atoms with van der Waals surface area (Å²) in [6.07, 6.45) is 0. The minimum absolute atomic E-state index is 0. The molecule has 1 N–H and O–H groups in total. The van der Waals surface area contributed by atoms with Gasteiger partial charge in [0.25, 0.3) is 0 Å². The Morgan fingerprint density at radius 1 is 0.812 bits per heavy atom. The third-order valence-corrected chi connectivity index (χ3v) is 2.61. The van der Waals surface area contributed by atoms with Crippen molar-refractivity contribution in [3.05, 3.63) is 58.8 Å². The first-order chi connectivity index (χ1) is 7.36. The molecule has 3 rings (SSSR count). The van der Waals surface area contributed by atoms with Crippen LogP contribution in [0.5, 0.6) is 0 Å². The predicted molar refractivity (Wildman–Crippen MR) is 70.1 cm³/mol. The molecule has 0 aliphatic rings. The van der Waals surface area contributed by atoms with E-state index in [1.807, 2.05) is 48.5 Å². The summed E-state index contributed by atoms with van der Waals surface area (Å²) >= 11 is 0. The van der Waals surface area contributed by atoms with Gasteiger partial charge in [-0.15, -0.1) is 0 Å². The molecule has 0 spiro atoms. The van der Waals surface area contributed by atoms with Crippen molar-refractivity contribution in [2.45, 2.75) is 0 Å². The molecule has 0 saturated carbocycles. The van der Waals surface area contributed by atoms with E-state index < -0.39 is 0 Å². The van der Waals surface area contributed by atoms with E-state index in [-0.39, 0.29) is 18.4 Å². The molecule has 0 aliphatic heterocycles. The van der Waals surface area contributed by atoms with Crippen LogP contribution in [0.1, 0.15) is 2.85 Å². The van der Waals surface area contributed by atoms with Crippen LogP contribution in [0.2, 0.25) is 0 Å². The van der Waals surface area contributed by atoms with E-state index in [0.29, 0.717) is 0 Å². The van der Waals surface area contributed by atoms with Gasteiger partial charge < -0.3 is 7.84 Å². The van der Waals surface area contributed by atoms with Crippen molar-refractivity contribution >= 4 is 31.9 Å². The minimum atomic E-state index is 0. The summed E-state index contributed by atoms with van der Waals surface area (Å²) in [5.41, 5.74) is 1.88. The van der Waals surface area contributed by atoms with Gasteiger partial charge in [0.15, 0.2) is 5.43 Å². The molecule has 0 radical (unpaired) electrons. The molecular formula is C13H11BeNO. The molecule has 16 heavy (non-hydrogen) atoms. The van der Waals surface area contributed by atoms with E-state index >= 15 is 0 Å². The van der Waals surface area contributed by atoms with Gasteiger partial charge in [0.1, 0.15) is 0 Å². The van der Waals surface area contributed by atoms with Crippen LogP contribution in [0.3, 0.4) is 0 Å². The van der Waals surface area contributed by atoms with Gasteiger partial charge in [0, 0.05) is 21.8 Å². The second-order valence-electron chi connectivity index (χ2n) is 3.55. The number of nitrogens with one attached hydrogen (secondary N) is 1. The van der Waals surface area contributed by atoms with Crippen molar-refractivity contribution in [3.63, 3.8) is 0 Å². The molecule has 1 aromatic heterocycles. The number of aromatic amines is 1. The second kappa shape index (κ2) is 3.91. The molecule has 0 amide bonds. The molecular weight excluding hydrogens is 195 g/mol. The molecule has 0 fully saturated rings. The standard InChI is InChI=1S/C13H9NO.Be.2H/c15-13-9-5-1-3-7-11(9)14-12-8-4-2-6-10(12)13;;;/h1-8H,(H,14,15);;;/q;+2;2*-1. The fourth-order valence-electron chi connectivity index (χ4n) is 1.87. The predicted octanol–water partition coefficient (Wildman–Crippen LogP) is 2.53. The number of benzene rings is 2. The molecule has 3 heteroatoms. The Morgan fingerprint density at radius 3 is 1.75 bits per heavy atom. The van der Waals surface area contributed by atoms with E-state index in [4.69, 9.17) is 0 Å². The van der Waals surface area contributed by atoms with Crippen LogP contribution < -0.4 is 5.43 Å². The molecule has 1 heterocycles. The number of hydrogen-bond acceptors (Lipinski definition) is 1. The zero-order valence-corrected chi connectivity index (χ0v) is 8.73. The van der Waals surface area contributed by atoms with Gasteiger partial charge in [-0.25, -0.2) is 0 Å².